The third-order valence-corrected chi connectivity index (χ3v) is 10.2. The van der Waals surface area contributed by atoms with Gasteiger partial charge in [-0.2, -0.15) is 0 Å². The third kappa shape index (κ3) is 4.46. The lowest BCUT2D eigenvalue weighted by Crippen LogP contribution is -2.01. The van der Waals surface area contributed by atoms with E-state index in [2.05, 4.69) is 162 Å². The van der Waals surface area contributed by atoms with Gasteiger partial charge in [-0.25, -0.2) is 15.0 Å². The summed E-state index contributed by atoms with van der Waals surface area (Å²) in [5.74, 6) is 1.88. The minimum absolute atomic E-state index is 0.621. The van der Waals surface area contributed by atoms with Crippen molar-refractivity contribution < 1.29 is 4.42 Å². The first-order chi connectivity index (χ1) is 25.7. The molecule has 0 amide bonds. The summed E-state index contributed by atoms with van der Waals surface area (Å²) in [4.78, 5) is 15.7. The molecular formula is C47H28N4O. The topological polar surface area (TPSA) is 56.7 Å². The van der Waals surface area contributed by atoms with Crippen LogP contribution in [-0.2, 0) is 0 Å². The minimum Gasteiger partial charge on any atom is -0.456 e. The standard InChI is InChI=1S/C47H28N4O/c1-2-13-35(14-3-1)51-40-18-8-6-16-37(40)44-38(17-10-19-41(44)51)47-49-45(32-23-21-29-11-4-5-12-30(29)25-32)48-46(50-47)33-24-22-31-28-43-39(27-34(31)26-33)36-15-7-9-20-42(36)52-43/h1-28H. The molecule has 0 N–H and O–H groups in total. The van der Waals surface area contributed by atoms with E-state index in [4.69, 9.17) is 19.4 Å². The van der Waals surface area contributed by atoms with Crippen molar-refractivity contribution >= 4 is 65.3 Å². The number of para-hydroxylation sites is 3. The average molecular weight is 665 g/mol. The normalized spacial score (nSPS) is 11.8. The molecule has 242 valence electrons. The lowest BCUT2D eigenvalue weighted by Gasteiger charge is -2.11. The molecule has 11 rings (SSSR count). The third-order valence-electron chi connectivity index (χ3n) is 10.2. The monoisotopic (exact) mass is 664 g/mol. The first-order valence-corrected chi connectivity index (χ1v) is 17.4. The average Bonchev–Trinajstić information content (AvgIpc) is 3.75. The summed E-state index contributed by atoms with van der Waals surface area (Å²) in [6, 6.07) is 59.2. The van der Waals surface area contributed by atoms with E-state index in [9.17, 15) is 0 Å². The largest absolute Gasteiger partial charge is 0.456 e. The van der Waals surface area contributed by atoms with Crippen molar-refractivity contribution in [2.45, 2.75) is 0 Å². The summed E-state index contributed by atoms with van der Waals surface area (Å²) >= 11 is 0. The van der Waals surface area contributed by atoms with Gasteiger partial charge in [0.2, 0.25) is 0 Å². The molecular weight excluding hydrogens is 637 g/mol. The van der Waals surface area contributed by atoms with Crippen molar-refractivity contribution in [1.82, 2.24) is 19.5 Å². The molecule has 52 heavy (non-hydrogen) atoms. The Hall–Kier alpha value is -7.11. The maximum atomic E-state index is 6.20. The van der Waals surface area contributed by atoms with Crippen LogP contribution in [0.2, 0.25) is 0 Å². The molecule has 0 atom stereocenters. The fourth-order valence-electron chi connectivity index (χ4n) is 7.75. The number of rotatable bonds is 4. The van der Waals surface area contributed by atoms with Crippen molar-refractivity contribution in [1.29, 1.82) is 0 Å². The lowest BCUT2D eigenvalue weighted by molar-refractivity contribution is 0.669. The number of benzene rings is 8. The highest BCUT2D eigenvalue weighted by atomic mass is 16.3. The van der Waals surface area contributed by atoms with Crippen LogP contribution in [0.4, 0.5) is 0 Å². The molecule has 0 radical (unpaired) electrons. The second kappa shape index (κ2) is 11.2. The summed E-state index contributed by atoms with van der Waals surface area (Å²) in [6.45, 7) is 0. The molecule has 0 aliphatic carbocycles. The number of furan rings is 1. The first-order valence-electron chi connectivity index (χ1n) is 17.4. The van der Waals surface area contributed by atoms with Crippen molar-refractivity contribution in [3.63, 3.8) is 0 Å². The van der Waals surface area contributed by atoms with Crippen LogP contribution in [0.25, 0.3) is 105 Å². The van der Waals surface area contributed by atoms with Gasteiger partial charge in [-0.3, -0.25) is 0 Å². The van der Waals surface area contributed by atoms with Crippen molar-refractivity contribution in [3.05, 3.63) is 170 Å². The number of nitrogens with zero attached hydrogens (tertiary/aromatic N) is 4. The zero-order valence-electron chi connectivity index (χ0n) is 27.9. The SMILES string of the molecule is c1ccc(-n2c3ccccc3c3c(-c4nc(-c5ccc6ccccc6c5)nc(-c5ccc6cc7oc8ccccc8c7cc6c5)n4)cccc32)cc1. The highest BCUT2D eigenvalue weighted by Crippen LogP contribution is 2.39. The Morgan fingerprint density at radius 1 is 0.385 bits per heavy atom. The van der Waals surface area contributed by atoms with Crippen LogP contribution >= 0.6 is 0 Å². The number of hydrogen-bond acceptors (Lipinski definition) is 4. The van der Waals surface area contributed by atoms with Gasteiger partial charge < -0.3 is 8.98 Å². The van der Waals surface area contributed by atoms with Crippen LogP contribution in [0.15, 0.2) is 174 Å². The summed E-state index contributed by atoms with van der Waals surface area (Å²) in [5, 5.41) is 8.95. The first kappa shape index (κ1) is 28.7. The van der Waals surface area contributed by atoms with E-state index in [1.165, 1.54) is 5.39 Å². The molecule has 0 saturated heterocycles. The Balaban J connectivity index is 1.17. The maximum Gasteiger partial charge on any atom is 0.164 e. The van der Waals surface area contributed by atoms with Crippen LogP contribution in [0.1, 0.15) is 0 Å². The summed E-state index contributed by atoms with van der Waals surface area (Å²) in [7, 11) is 0. The molecule has 0 aliphatic heterocycles. The predicted molar refractivity (Wildman–Crippen MR) is 213 cm³/mol. The van der Waals surface area contributed by atoms with Crippen LogP contribution in [-0.4, -0.2) is 19.5 Å². The Morgan fingerprint density at radius 3 is 1.87 bits per heavy atom. The highest BCUT2D eigenvalue weighted by molar-refractivity contribution is 6.15. The van der Waals surface area contributed by atoms with Crippen LogP contribution in [0.3, 0.4) is 0 Å². The molecule has 5 heteroatoms. The molecule has 0 spiro atoms. The van der Waals surface area contributed by atoms with Crippen LogP contribution in [0.5, 0.6) is 0 Å². The fraction of sp³-hybridized carbons (Fsp3) is 0. The summed E-state index contributed by atoms with van der Waals surface area (Å²) in [5.41, 5.74) is 7.92. The van der Waals surface area contributed by atoms with Crippen LogP contribution in [0, 0.1) is 0 Å². The molecule has 8 aromatic carbocycles. The molecule has 0 aliphatic rings. The molecule has 0 bridgehead atoms. The van der Waals surface area contributed by atoms with Crippen molar-refractivity contribution in [3.8, 4) is 39.9 Å². The van der Waals surface area contributed by atoms with E-state index in [-0.39, 0.29) is 0 Å². The second-order valence-electron chi connectivity index (χ2n) is 13.3. The highest BCUT2D eigenvalue weighted by Gasteiger charge is 2.20. The van der Waals surface area contributed by atoms with E-state index in [0.29, 0.717) is 17.5 Å². The number of hydrogen-bond donors (Lipinski definition) is 0. The van der Waals surface area contributed by atoms with E-state index >= 15 is 0 Å². The van der Waals surface area contributed by atoms with Gasteiger partial charge in [-0.15, -0.1) is 0 Å². The molecule has 3 aromatic heterocycles. The zero-order valence-corrected chi connectivity index (χ0v) is 27.9. The van der Waals surface area contributed by atoms with E-state index < -0.39 is 0 Å². The quantitative estimate of drug-likeness (QED) is 0.188. The number of fused-ring (bicyclic) bond motifs is 8. The Bertz CT molecular complexity index is 3190. The van der Waals surface area contributed by atoms with Gasteiger partial charge in [0.15, 0.2) is 17.5 Å². The van der Waals surface area contributed by atoms with Gasteiger partial charge in [0.05, 0.1) is 11.0 Å². The van der Waals surface area contributed by atoms with E-state index in [0.717, 1.165) is 82.3 Å². The molecule has 0 fully saturated rings. The van der Waals surface area contributed by atoms with Gasteiger partial charge in [-0.05, 0) is 76.1 Å². The molecule has 0 unspecified atom stereocenters. The lowest BCUT2D eigenvalue weighted by atomic mass is 10.0. The molecule has 0 saturated carbocycles. The van der Waals surface area contributed by atoms with Crippen LogP contribution < -0.4 is 0 Å². The van der Waals surface area contributed by atoms with E-state index in [1.54, 1.807) is 0 Å². The summed E-state index contributed by atoms with van der Waals surface area (Å²) in [6.07, 6.45) is 0. The minimum atomic E-state index is 0.621. The van der Waals surface area contributed by atoms with Gasteiger partial charge in [-0.1, -0.05) is 115 Å². The van der Waals surface area contributed by atoms with Crippen molar-refractivity contribution in [2.24, 2.45) is 0 Å². The zero-order chi connectivity index (χ0) is 34.2. The van der Waals surface area contributed by atoms with E-state index in [1.807, 2.05) is 12.1 Å². The van der Waals surface area contributed by atoms with Gasteiger partial charge in [0.1, 0.15) is 11.2 Å². The van der Waals surface area contributed by atoms with Gasteiger partial charge >= 0.3 is 0 Å². The number of aromatic nitrogens is 4. The molecule has 3 heterocycles. The summed E-state index contributed by atoms with van der Waals surface area (Å²) < 4.78 is 8.52. The molecule has 11 aromatic rings. The Morgan fingerprint density at radius 2 is 1.02 bits per heavy atom. The fourth-order valence-corrected chi connectivity index (χ4v) is 7.75. The smallest absolute Gasteiger partial charge is 0.164 e. The Kier molecular flexibility index (Phi) is 6.18. The maximum absolute atomic E-state index is 6.20. The Labute approximate surface area is 298 Å². The van der Waals surface area contributed by atoms with Crippen molar-refractivity contribution in [2.75, 3.05) is 0 Å². The predicted octanol–water partition coefficient (Wildman–Crippen LogP) is 12.2. The molecule has 5 nitrogen and oxygen atoms in total. The van der Waals surface area contributed by atoms with Gasteiger partial charge in [0.25, 0.3) is 0 Å². The van der Waals surface area contributed by atoms with Gasteiger partial charge in [0, 0.05) is 43.9 Å². The second-order valence-corrected chi connectivity index (χ2v) is 13.3.